The van der Waals surface area contributed by atoms with Gasteiger partial charge in [-0.05, 0) is 24.6 Å². The number of fused-ring (bicyclic) bond motifs is 1. The Morgan fingerprint density at radius 1 is 1.19 bits per heavy atom. The summed E-state index contributed by atoms with van der Waals surface area (Å²) in [6.45, 7) is 2.66. The molecule has 2 aromatic heterocycles. The SMILES string of the molecule is Cc1nnc(NCc2cc(N(C)C)nc3ccccc23)s1. The van der Waals surface area contributed by atoms with Crippen molar-refractivity contribution in [3.05, 3.63) is 40.9 Å². The predicted octanol–water partition coefficient (Wildman–Crippen LogP) is 3.07. The van der Waals surface area contributed by atoms with Crippen LogP contribution in [0.25, 0.3) is 10.9 Å². The standard InChI is InChI=1S/C15H17N5S/c1-10-18-19-15(21-10)16-9-11-8-14(20(2)3)17-13-7-5-4-6-12(11)13/h4-8H,9H2,1-3H3,(H,16,19). The number of anilines is 2. The van der Waals surface area contributed by atoms with Gasteiger partial charge in [-0.15, -0.1) is 10.2 Å². The normalized spacial score (nSPS) is 10.8. The molecule has 108 valence electrons. The predicted molar refractivity (Wildman–Crippen MR) is 88.0 cm³/mol. The number of hydrogen-bond donors (Lipinski definition) is 1. The van der Waals surface area contributed by atoms with Crippen molar-refractivity contribution in [3.63, 3.8) is 0 Å². The molecule has 0 saturated heterocycles. The number of benzene rings is 1. The number of nitrogens with one attached hydrogen (secondary N) is 1. The lowest BCUT2D eigenvalue weighted by atomic mass is 10.1. The molecule has 0 atom stereocenters. The molecule has 0 aliphatic rings. The van der Waals surface area contributed by atoms with E-state index >= 15 is 0 Å². The van der Waals surface area contributed by atoms with E-state index < -0.39 is 0 Å². The zero-order valence-electron chi connectivity index (χ0n) is 12.3. The molecule has 0 aliphatic carbocycles. The zero-order valence-corrected chi connectivity index (χ0v) is 13.1. The molecular formula is C15H17N5S. The van der Waals surface area contributed by atoms with E-state index in [9.17, 15) is 0 Å². The van der Waals surface area contributed by atoms with Gasteiger partial charge in [0.25, 0.3) is 0 Å². The van der Waals surface area contributed by atoms with Gasteiger partial charge in [0.2, 0.25) is 5.13 Å². The van der Waals surface area contributed by atoms with Crippen molar-refractivity contribution in [3.8, 4) is 0 Å². The van der Waals surface area contributed by atoms with Crippen LogP contribution in [0, 0.1) is 6.92 Å². The maximum absolute atomic E-state index is 4.67. The highest BCUT2D eigenvalue weighted by atomic mass is 32.1. The van der Waals surface area contributed by atoms with Crippen LogP contribution in [0.15, 0.2) is 30.3 Å². The summed E-state index contributed by atoms with van der Waals surface area (Å²) in [6, 6.07) is 10.3. The third-order valence-corrected chi connectivity index (χ3v) is 4.00. The molecule has 0 spiro atoms. The minimum atomic E-state index is 0.707. The molecule has 1 aromatic carbocycles. The van der Waals surface area contributed by atoms with Gasteiger partial charge in [-0.2, -0.15) is 0 Å². The molecule has 0 radical (unpaired) electrons. The van der Waals surface area contributed by atoms with Crippen molar-refractivity contribution < 1.29 is 0 Å². The van der Waals surface area contributed by atoms with Crippen LogP contribution in [0.2, 0.25) is 0 Å². The summed E-state index contributed by atoms with van der Waals surface area (Å²) >= 11 is 1.56. The van der Waals surface area contributed by atoms with E-state index in [-0.39, 0.29) is 0 Å². The minimum Gasteiger partial charge on any atom is -0.363 e. The molecule has 5 nitrogen and oxygen atoms in total. The van der Waals surface area contributed by atoms with Gasteiger partial charge in [0.1, 0.15) is 10.8 Å². The van der Waals surface area contributed by atoms with Crippen LogP contribution in [-0.2, 0) is 6.54 Å². The van der Waals surface area contributed by atoms with Crippen LogP contribution >= 0.6 is 11.3 Å². The summed E-state index contributed by atoms with van der Waals surface area (Å²) in [5.74, 6) is 0.957. The molecule has 21 heavy (non-hydrogen) atoms. The first-order chi connectivity index (χ1) is 10.1. The van der Waals surface area contributed by atoms with Gasteiger partial charge in [-0.1, -0.05) is 29.5 Å². The van der Waals surface area contributed by atoms with Crippen LogP contribution in [-0.4, -0.2) is 29.3 Å². The highest BCUT2D eigenvalue weighted by molar-refractivity contribution is 7.15. The van der Waals surface area contributed by atoms with Crippen molar-refractivity contribution in [2.75, 3.05) is 24.3 Å². The van der Waals surface area contributed by atoms with Crippen LogP contribution in [0.5, 0.6) is 0 Å². The number of para-hydroxylation sites is 1. The van der Waals surface area contributed by atoms with Crippen molar-refractivity contribution in [2.24, 2.45) is 0 Å². The van der Waals surface area contributed by atoms with E-state index in [0.29, 0.717) is 6.54 Å². The van der Waals surface area contributed by atoms with Crippen molar-refractivity contribution in [2.45, 2.75) is 13.5 Å². The largest absolute Gasteiger partial charge is 0.363 e. The minimum absolute atomic E-state index is 0.707. The van der Waals surface area contributed by atoms with Crippen molar-refractivity contribution in [1.29, 1.82) is 0 Å². The summed E-state index contributed by atoms with van der Waals surface area (Å²) in [5, 5.41) is 14.4. The first-order valence-electron chi connectivity index (χ1n) is 6.73. The first kappa shape index (κ1) is 13.8. The van der Waals surface area contributed by atoms with Gasteiger partial charge < -0.3 is 10.2 Å². The molecule has 6 heteroatoms. The molecule has 0 bridgehead atoms. The Morgan fingerprint density at radius 3 is 2.71 bits per heavy atom. The van der Waals surface area contributed by atoms with E-state index in [0.717, 1.165) is 26.9 Å². The van der Waals surface area contributed by atoms with Crippen LogP contribution in [0.4, 0.5) is 10.9 Å². The fourth-order valence-electron chi connectivity index (χ4n) is 2.15. The number of hydrogen-bond acceptors (Lipinski definition) is 6. The van der Waals surface area contributed by atoms with Gasteiger partial charge in [-0.3, -0.25) is 0 Å². The Hall–Kier alpha value is -2.21. The van der Waals surface area contributed by atoms with Crippen LogP contribution in [0.1, 0.15) is 10.6 Å². The van der Waals surface area contributed by atoms with E-state index in [1.165, 1.54) is 5.56 Å². The average molecular weight is 299 g/mol. The maximum atomic E-state index is 4.67. The lowest BCUT2D eigenvalue weighted by Gasteiger charge is -2.15. The number of nitrogens with zero attached hydrogens (tertiary/aromatic N) is 4. The molecule has 3 aromatic rings. The second kappa shape index (κ2) is 5.65. The molecule has 0 saturated carbocycles. The smallest absolute Gasteiger partial charge is 0.205 e. The molecule has 3 rings (SSSR count). The van der Waals surface area contributed by atoms with E-state index in [2.05, 4.69) is 32.6 Å². The van der Waals surface area contributed by atoms with Gasteiger partial charge in [0.05, 0.1) is 5.52 Å². The second-order valence-corrected chi connectivity index (χ2v) is 6.21. The Labute approximate surface area is 127 Å². The van der Waals surface area contributed by atoms with Gasteiger partial charge in [0, 0.05) is 26.0 Å². The number of aryl methyl sites for hydroxylation is 1. The summed E-state index contributed by atoms with van der Waals surface area (Å²) < 4.78 is 0. The summed E-state index contributed by atoms with van der Waals surface area (Å²) in [4.78, 5) is 6.69. The van der Waals surface area contributed by atoms with Gasteiger partial charge in [0.15, 0.2) is 0 Å². The van der Waals surface area contributed by atoms with E-state index in [1.54, 1.807) is 11.3 Å². The molecule has 0 amide bonds. The topological polar surface area (TPSA) is 53.9 Å². The summed E-state index contributed by atoms with van der Waals surface area (Å²) in [7, 11) is 4.00. The third-order valence-electron chi connectivity index (χ3n) is 3.20. The van der Waals surface area contributed by atoms with Crippen LogP contribution < -0.4 is 10.2 Å². The molecular weight excluding hydrogens is 282 g/mol. The van der Waals surface area contributed by atoms with Gasteiger partial charge in [-0.25, -0.2) is 4.98 Å². The Balaban J connectivity index is 1.95. The maximum Gasteiger partial charge on any atom is 0.205 e. The Bertz CT molecular complexity index is 766. The quantitative estimate of drug-likeness (QED) is 0.802. The molecule has 1 N–H and O–H groups in total. The van der Waals surface area contributed by atoms with E-state index in [1.807, 2.05) is 44.1 Å². The summed E-state index contributed by atoms with van der Waals surface area (Å²) in [5.41, 5.74) is 2.21. The van der Waals surface area contributed by atoms with Crippen molar-refractivity contribution in [1.82, 2.24) is 15.2 Å². The second-order valence-electron chi connectivity index (χ2n) is 5.03. The number of pyridine rings is 1. The van der Waals surface area contributed by atoms with Crippen LogP contribution in [0.3, 0.4) is 0 Å². The van der Waals surface area contributed by atoms with E-state index in [4.69, 9.17) is 0 Å². The zero-order chi connectivity index (χ0) is 14.8. The fourth-order valence-corrected chi connectivity index (χ4v) is 2.73. The monoisotopic (exact) mass is 299 g/mol. The highest BCUT2D eigenvalue weighted by Crippen LogP contribution is 2.23. The fraction of sp³-hybridized carbons (Fsp3) is 0.267. The third kappa shape index (κ3) is 2.95. The first-order valence-corrected chi connectivity index (χ1v) is 7.55. The molecule has 0 unspecified atom stereocenters. The Morgan fingerprint density at radius 2 is 2.00 bits per heavy atom. The molecule has 0 fully saturated rings. The highest BCUT2D eigenvalue weighted by Gasteiger charge is 2.08. The Kier molecular flexibility index (Phi) is 3.70. The number of rotatable bonds is 4. The lowest BCUT2D eigenvalue weighted by molar-refractivity contribution is 1.02. The van der Waals surface area contributed by atoms with Gasteiger partial charge >= 0.3 is 0 Å². The molecule has 2 heterocycles. The lowest BCUT2D eigenvalue weighted by Crippen LogP contribution is -2.12. The van der Waals surface area contributed by atoms with Crippen molar-refractivity contribution >= 4 is 33.2 Å². The summed E-state index contributed by atoms with van der Waals surface area (Å²) in [6.07, 6.45) is 0. The average Bonchev–Trinajstić information content (AvgIpc) is 2.90. The molecule has 0 aliphatic heterocycles. The number of aromatic nitrogens is 3.